The topological polar surface area (TPSA) is 39.2 Å². The second-order valence-electron chi connectivity index (χ2n) is 4.67. The first-order valence-electron chi connectivity index (χ1n) is 6.14. The van der Waals surface area contributed by atoms with Gasteiger partial charge in [0, 0.05) is 10.9 Å². The van der Waals surface area contributed by atoms with Crippen LogP contribution in [0.3, 0.4) is 0 Å². The summed E-state index contributed by atoms with van der Waals surface area (Å²) in [5.41, 5.74) is 9.25. The quantitative estimate of drug-likeness (QED) is 0.753. The number of rotatable bonds is 2. The average molecular weight is 255 g/mol. The smallest absolute Gasteiger partial charge is 0.134 e. The highest BCUT2D eigenvalue weighted by Crippen LogP contribution is 2.29. The fourth-order valence-electron chi connectivity index (χ4n) is 2.22. The van der Waals surface area contributed by atoms with Gasteiger partial charge in [0.2, 0.25) is 0 Å². The van der Waals surface area contributed by atoms with E-state index in [1.54, 1.807) is 19.3 Å². The molecule has 2 aromatic carbocycles. The highest BCUT2D eigenvalue weighted by molar-refractivity contribution is 5.81. The van der Waals surface area contributed by atoms with Crippen LogP contribution in [-0.2, 0) is 0 Å². The molecule has 19 heavy (non-hydrogen) atoms. The molecule has 1 heterocycles. The largest absolute Gasteiger partial charge is 0.464 e. The second kappa shape index (κ2) is 4.52. The number of para-hydroxylation sites is 1. The summed E-state index contributed by atoms with van der Waals surface area (Å²) >= 11 is 0. The standard InChI is InChI=1S/C16H14FNO/c1-10-6-7-11(8-14(10)17)16(18)13-9-19-15-5-3-2-4-12(13)15/h2-9,16H,18H2,1H3. The molecule has 96 valence electrons. The molecule has 0 amide bonds. The Morgan fingerprint density at radius 1 is 1.16 bits per heavy atom. The number of furan rings is 1. The Morgan fingerprint density at radius 2 is 1.95 bits per heavy atom. The minimum absolute atomic E-state index is 0.235. The number of hydrogen-bond donors (Lipinski definition) is 1. The number of nitrogens with two attached hydrogens (primary N) is 1. The summed E-state index contributed by atoms with van der Waals surface area (Å²) in [7, 11) is 0. The normalized spacial score (nSPS) is 12.8. The lowest BCUT2D eigenvalue weighted by atomic mass is 9.98. The van der Waals surface area contributed by atoms with Crippen LogP contribution in [0.1, 0.15) is 22.7 Å². The summed E-state index contributed by atoms with van der Waals surface area (Å²) in [6.45, 7) is 1.73. The molecular formula is C16H14FNO. The molecule has 1 aromatic heterocycles. The van der Waals surface area contributed by atoms with Gasteiger partial charge in [-0.15, -0.1) is 0 Å². The van der Waals surface area contributed by atoms with Crippen LogP contribution >= 0.6 is 0 Å². The van der Waals surface area contributed by atoms with Crippen LogP contribution < -0.4 is 5.73 Å². The van der Waals surface area contributed by atoms with E-state index >= 15 is 0 Å². The third-order valence-electron chi connectivity index (χ3n) is 3.40. The lowest BCUT2D eigenvalue weighted by Crippen LogP contribution is -2.11. The van der Waals surface area contributed by atoms with Crippen molar-refractivity contribution < 1.29 is 8.81 Å². The summed E-state index contributed by atoms with van der Waals surface area (Å²) in [4.78, 5) is 0. The van der Waals surface area contributed by atoms with Gasteiger partial charge in [-0.25, -0.2) is 4.39 Å². The number of benzene rings is 2. The molecule has 0 saturated heterocycles. The van der Waals surface area contributed by atoms with Crippen LogP contribution in [0.25, 0.3) is 11.0 Å². The molecule has 2 N–H and O–H groups in total. The molecule has 1 unspecified atom stereocenters. The van der Waals surface area contributed by atoms with E-state index in [9.17, 15) is 4.39 Å². The molecule has 0 aliphatic carbocycles. The zero-order valence-electron chi connectivity index (χ0n) is 10.6. The van der Waals surface area contributed by atoms with Crippen LogP contribution in [0.2, 0.25) is 0 Å². The van der Waals surface area contributed by atoms with Crippen LogP contribution in [0.15, 0.2) is 53.1 Å². The molecule has 3 rings (SSSR count). The Labute approximate surface area is 110 Å². The van der Waals surface area contributed by atoms with E-state index in [0.29, 0.717) is 5.56 Å². The van der Waals surface area contributed by atoms with E-state index in [2.05, 4.69) is 0 Å². The maximum atomic E-state index is 13.6. The van der Waals surface area contributed by atoms with Gasteiger partial charge in [0.05, 0.1) is 12.3 Å². The zero-order chi connectivity index (χ0) is 13.4. The van der Waals surface area contributed by atoms with Gasteiger partial charge in [-0.2, -0.15) is 0 Å². The van der Waals surface area contributed by atoms with Crippen LogP contribution in [0.5, 0.6) is 0 Å². The molecule has 0 bridgehead atoms. The molecular weight excluding hydrogens is 241 g/mol. The third kappa shape index (κ3) is 2.02. The third-order valence-corrected chi connectivity index (χ3v) is 3.40. The van der Waals surface area contributed by atoms with E-state index in [1.807, 2.05) is 30.3 Å². The molecule has 0 saturated carbocycles. The van der Waals surface area contributed by atoms with Crippen molar-refractivity contribution in [3.05, 3.63) is 71.2 Å². The molecule has 3 heteroatoms. The van der Waals surface area contributed by atoms with E-state index < -0.39 is 6.04 Å². The monoisotopic (exact) mass is 255 g/mol. The first kappa shape index (κ1) is 11.9. The van der Waals surface area contributed by atoms with Crippen LogP contribution in [0.4, 0.5) is 4.39 Å². The summed E-state index contributed by atoms with van der Waals surface area (Å²) in [6, 6.07) is 12.4. The SMILES string of the molecule is Cc1ccc(C(N)c2coc3ccccc23)cc1F. The Morgan fingerprint density at radius 3 is 2.74 bits per heavy atom. The van der Waals surface area contributed by atoms with Crippen molar-refractivity contribution in [2.24, 2.45) is 5.73 Å². The van der Waals surface area contributed by atoms with Gasteiger partial charge in [0.25, 0.3) is 0 Å². The van der Waals surface area contributed by atoms with Crippen molar-refractivity contribution in [1.29, 1.82) is 0 Å². The predicted octanol–water partition coefficient (Wildman–Crippen LogP) is 3.93. The maximum absolute atomic E-state index is 13.6. The maximum Gasteiger partial charge on any atom is 0.134 e. The molecule has 0 radical (unpaired) electrons. The molecule has 3 aromatic rings. The molecule has 0 spiro atoms. The van der Waals surface area contributed by atoms with Gasteiger partial charge >= 0.3 is 0 Å². The van der Waals surface area contributed by atoms with Crippen molar-refractivity contribution in [1.82, 2.24) is 0 Å². The van der Waals surface area contributed by atoms with Crippen molar-refractivity contribution in [2.45, 2.75) is 13.0 Å². The van der Waals surface area contributed by atoms with Crippen molar-refractivity contribution in [3.8, 4) is 0 Å². The van der Waals surface area contributed by atoms with E-state index in [0.717, 1.165) is 22.1 Å². The second-order valence-corrected chi connectivity index (χ2v) is 4.67. The van der Waals surface area contributed by atoms with Gasteiger partial charge < -0.3 is 10.2 Å². The van der Waals surface area contributed by atoms with Gasteiger partial charge in [-0.05, 0) is 30.2 Å². The minimum Gasteiger partial charge on any atom is -0.464 e. The Hall–Kier alpha value is -2.13. The zero-order valence-corrected chi connectivity index (χ0v) is 10.6. The number of aryl methyl sites for hydroxylation is 1. The number of hydrogen-bond acceptors (Lipinski definition) is 2. The summed E-state index contributed by atoms with van der Waals surface area (Å²) < 4.78 is 19.1. The van der Waals surface area contributed by atoms with Crippen molar-refractivity contribution in [2.75, 3.05) is 0 Å². The molecule has 0 fully saturated rings. The fourth-order valence-corrected chi connectivity index (χ4v) is 2.22. The average Bonchev–Trinajstić information content (AvgIpc) is 2.85. The first-order chi connectivity index (χ1) is 9.16. The van der Waals surface area contributed by atoms with Crippen LogP contribution in [0, 0.1) is 12.7 Å². The molecule has 2 nitrogen and oxygen atoms in total. The fraction of sp³-hybridized carbons (Fsp3) is 0.125. The van der Waals surface area contributed by atoms with Gasteiger partial charge in [-0.1, -0.05) is 30.3 Å². The minimum atomic E-state index is -0.390. The highest BCUT2D eigenvalue weighted by atomic mass is 19.1. The van der Waals surface area contributed by atoms with E-state index in [-0.39, 0.29) is 5.82 Å². The lowest BCUT2D eigenvalue weighted by Gasteiger charge is -2.11. The number of fused-ring (bicyclic) bond motifs is 1. The first-order valence-corrected chi connectivity index (χ1v) is 6.14. The van der Waals surface area contributed by atoms with E-state index in [4.69, 9.17) is 10.2 Å². The summed E-state index contributed by atoms with van der Waals surface area (Å²) in [5, 5.41) is 0.969. The lowest BCUT2D eigenvalue weighted by molar-refractivity contribution is 0.603. The Balaban J connectivity index is 2.08. The van der Waals surface area contributed by atoms with Crippen LogP contribution in [-0.4, -0.2) is 0 Å². The van der Waals surface area contributed by atoms with E-state index in [1.165, 1.54) is 6.07 Å². The molecule has 0 aliphatic rings. The summed E-state index contributed by atoms with van der Waals surface area (Å²) in [5.74, 6) is -0.235. The Bertz CT molecular complexity index is 732. The van der Waals surface area contributed by atoms with Gasteiger partial charge in [0.15, 0.2) is 0 Å². The predicted molar refractivity (Wildman–Crippen MR) is 73.4 cm³/mol. The number of halogens is 1. The molecule has 1 atom stereocenters. The van der Waals surface area contributed by atoms with Gasteiger partial charge in [0.1, 0.15) is 11.4 Å². The Kier molecular flexibility index (Phi) is 2.84. The van der Waals surface area contributed by atoms with Crippen molar-refractivity contribution >= 4 is 11.0 Å². The van der Waals surface area contributed by atoms with Crippen molar-refractivity contribution in [3.63, 3.8) is 0 Å². The molecule has 0 aliphatic heterocycles. The van der Waals surface area contributed by atoms with Gasteiger partial charge in [-0.3, -0.25) is 0 Å². The summed E-state index contributed by atoms with van der Waals surface area (Å²) in [6.07, 6.45) is 1.65. The highest BCUT2D eigenvalue weighted by Gasteiger charge is 2.15.